The molecule has 1 saturated heterocycles. The van der Waals surface area contributed by atoms with Crippen LogP contribution >= 0.6 is 0 Å². The second kappa shape index (κ2) is 6.85. The molecule has 0 spiro atoms. The van der Waals surface area contributed by atoms with Gasteiger partial charge in [0.25, 0.3) is 0 Å². The predicted molar refractivity (Wildman–Crippen MR) is 68.1 cm³/mol. The lowest BCUT2D eigenvalue weighted by Gasteiger charge is -2.06. The number of hydrogen-bond donors (Lipinski definition) is 1. The maximum Gasteiger partial charge on any atom is 0.226 e. The van der Waals surface area contributed by atoms with E-state index in [2.05, 4.69) is 17.1 Å². The fraction of sp³-hybridized carbons (Fsp3) is 0.846. The normalized spacial score (nSPS) is 21.3. The van der Waals surface area contributed by atoms with Gasteiger partial charge in [-0.15, -0.1) is 0 Å². The van der Waals surface area contributed by atoms with Gasteiger partial charge in [0.15, 0.2) is 5.82 Å². The van der Waals surface area contributed by atoms with Crippen molar-refractivity contribution in [2.24, 2.45) is 17.6 Å². The van der Waals surface area contributed by atoms with E-state index in [1.807, 2.05) is 0 Å². The van der Waals surface area contributed by atoms with E-state index in [-0.39, 0.29) is 0 Å². The van der Waals surface area contributed by atoms with Crippen molar-refractivity contribution < 1.29 is 9.26 Å². The van der Waals surface area contributed by atoms with E-state index in [0.29, 0.717) is 11.8 Å². The van der Waals surface area contributed by atoms with Gasteiger partial charge in [-0.1, -0.05) is 12.1 Å². The molecule has 0 aliphatic carbocycles. The molecule has 0 radical (unpaired) electrons. The van der Waals surface area contributed by atoms with Gasteiger partial charge in [-0.25, -0.2) is 0 Å². The van der Waals surface area contributed by atoms with Gasteiger partial charge in [-0.3, -0.25) is 0 Å². The Balaban J connectivity index is 1.75. The van der Waals surface area contributed by atoms with Crippen LogP contribution in [-0.2, 0) is 17.6 Å². The molecule has 1 aromatic heterocycles. The topological polar surface area (TPSA) is 74.2 Å². The second-order valence-corrected chi connectivity index (χ2v) is 5.26. The van der Waals surface area contributed by atoms with Crippen molar-refractivity contribution in [3.05, 3.63) is 11.7 Å². The van der Waals surface area contributed by atoms with Crippen molar-refractivity contribution in [1.82, 2.24) is 10.1 Å². The van der Waals surface area contributed by atoms with E-state index in [9.17, 15) is 0 Å². The Morgan fingerprint density at radius 1 is 1.44 bits per heavy atom. The van der Waals surface area contributed by atoms with Crippen LogP contribution in [0.5, 0.6) is 0 Å². The van der Waals surface area contributed by atoms with E-state index < -0.39 is 0 Å². The summed E-state index contributed by atoms with van der Waals surface area (Å²) in [6, 6.07) is 0. The minimum Gasteiger partial charge on any atom is -0.381 e. The first-order valence-corrected chi connectivity index (χ1v) is 6.87. The van der Waals surface area contributed by atoms with Crippen molar-refractivity contribution in [3.63, 3.8) is 0 Å². The average molecular weight is 253 g/mol. The lowest BCUT2D eigenvalue weighted by atomic mass is 10.0. The average Bonchev–Trinajstić information content (AvgIpc) is 2.99. The summed E-state index contributed by atoms with van der Waals surface area (Å²) in [5.41, 5.74) is 5.53. The summed E-state index contributed by atoms with van der Waals surface area (Å²) < 4.78 is 10.6. The summed E-state index contributed by atoms with van der Waals surface area (Å²) >= 11 is 0. The maximum absolute atomic E-state index is 5.53. The summed E-state index contributed by atoms with van der Waals surface area (Å²) in [7, 11) is 0. The van der Waals surface area contributed by atoms with E-state index >= 15 is 0 Å². The zero-order valence-electron chi connectivity index (χ0n) is 11.1. The monoisotopic (exact) mass is 253 g/mol. The van der Waals surface area contributed by atoms with Gasteiger partial charge in [-0.2, -0.15) is 4.98 Å². The molecule has 2 rings (SSSR count). The lowest BCUT2D eigenvalue weighted by Crippen LogP contribution is -2.07. The molecule has 1 aliphatic heterocycles. The summed E-state index contributed by atoms with van der Waals surface area (Å²) in [4.78, 5) is 4.44. The first-order chi connectivity index (χ1) is 8.78. The maximum atomic E-state index is 5.53. The number of nitrogens with two attached hydrogens (primary N) is 1. The third-order valence-electron chi connectivity index (χ3n) is 3.52. The zero-order valence-corrected chi connectivity index (χ0v) is 11.1. The molecule has 0 saturated carbocycles. The SMILES string of the molecule is CC(CCN)CCc1nc(CC2CCOC2)no1. The summed E-state index contributed by atoms with van der Waals surface area (Å²) in [5.74, 6) is 2.76. The molecule has 18 heavy (non-hydrogen) atoms. The van der Waals surface area contributed by atoms with Gasteiger partial charge in [0.1, 0.15) is 0 Å². The molecule has 2 N–H and O–H groups in total. The lowest BCUT2D eigenvalue weighted by molar-refractivity contribution is 0.185. The third-order valence-corrected chi connectivity index (χ3v) is 3.52. The number of aryl methyl sites for hydroxylation is 1. The minimum atomic E-state index is 0.562. The highest BCUT2D eigenvalue weighted by molar-refractivity contribution is 4.89. The molecule has 102 valence electrons. The van der Waals surface area contributed by atoms with E-state index in [0.717, 1.165) is 63.6 Å². The fourth-order valence-electron chi connectivity index (χ4n) is 2.28. The van der Waals surface area contributed by atoms with Gasteiger partial charge < -0.3 is 15.0 Å². The largest absolute Gasteiger partial charge is 0.381 e. The molecule has 5 nitrogen and oxygen atoms in total. The highest BCUT2D eigenvalue weighted by atomic mass is 16.5. The Morgan fingerprint density at radius 3 is 3.06 bits per heavy atom. The molecule has 2 unspecified atom stereocenters. The Labute approximate surface area is 108 Å². The third kappa shape index (κ3) is 4.07. The first-order valence-electron chi connectivity index (χ1n) is 6.87. The molecular formula is C13H23N3O2. The van der Waals surface area contributed by atoms with Crippen LogP contribution < -0.4 is 5.73 Å². The van der Waals surface area contributed by atoms with Crippen LogP contribution in [-0.4, -0.2) is 29.9 Å². The zero-order chi connectivity index (χ0) is 12.8. The molecule has 5 heteroatoms. The van der Waals surface area contributed by atoms with E-state index in [4.69, 9.17) is 15.0 Å². The number of aromatic nitrogens is 2. The Bertz CT molecular complexity index is 348. The summed E-state index contributed by atoms with van der Waals surface area (Å²) in [5, 5.41) is 4.04. The van der Waals surface area contributed by atoms with Crippen molar-refractivity contribution in [2.75, 3.05) is 19.8 Å². The van der Waals surface area contributed by atoms with Crippen LogP contribution in [0.1, 0.15) is 37.9 Å². The minimum absolute atomic E-state index is 0.562. The van der Waals surface area contributed by atoms with Gasteiger partial charge in [-0.05, 0) is 37.6 Å². The highest BCUT2D eigenvalue weighted by Crippen LogP contribution is 2.17. The first kappa shape index (κ1) is 13.5. The summed E-state index contributed by atoms with van der Waals surface area (Å²) in [6.45, 7) is 4.65. The van der Waals surface area contributed by atoms with Crippen LogP contribution in [0.25, 0.3) is 0 Å². The van der Waals surface area contributed by atoms with Crippen molar-refractivity contribution in [2.45, 2.75) is 39.0 Å². The van der Waals surface area contributed by atoms with E-state index in [1.165, 1.54) is 0 Å². The van der Waals surface area contributed by atoms with Gasteiger partial charge >= 0.3 is 0 Å². The summed E-state index contributed by atoms with van der Waals surface area (Å²) in [6.07, 6.45) is 4.96. The van der Waals surface area contributed by atoms with Crippen LogP contribution in [0, 0.1) is 11.8 Å². The molecule has 1 aliphatic rings. The molecule has 1 aromatic rings. The van der Waals surface area contributed by atoms with Gasteiger partial charge in [0, 0.05) is 26.1 Å². The van der Waals surface area contributed by atoms with Crippen molar-refractivity contribution in [3.8, 4) is 0 Å². The Hall–Kier alpha value is -0.940. The fourth-order valence-corrected chi connectivity index (χ4v) is 2.28. The number of rotatable bonds is 7. The van der Waals surface area contributed by atoms with Crippen LogP contribution in [0.3, 0.4) is 0 Å². The van der Waals surface area contributed by atoms with Crippen LogP contribution in [0.15, 0.2) is 4.52 Å². The Kier molecular flexibility index (Phi) is 5.13. The molecule has 1 fully saturated rings. The molecule has 2 atom stereocenters. The number of ether oxygens (including phenoxy) is 1. The Morgan fingerprint density at radius 2 is 2.33 bits per heavy atom. The van der Waals surface area contributed by atoms with E-state index in [1.54, 1.807) is 0 Å². The van der Waals surface area contributed by atoms with Crippen molar-refractivity contribution >= 4 is 0 Å². The predicted octanol–water partition coefficient (Wildman–Crippen LogP) is 1.57. The quantitative estimate of drug-likeness (QED) is 0.798. The number of nitrogens with zero attached hydrogens (tertiary/aromatic N) is 2. The van der Waals surface area contributed by atoms with Gasteiger partial charge in [0.05, 0.1) is 0 Å². The molecule has 0 aromatic carbocycles. The van der Waals surface area contributed by atoms with Gasteiger partial charge in [0.2, 0.25) is 5.89 Å². The molecule has 0 amide bonds. The van der Waals surface area contributed by atoms with Crippen LogP contribution in [0.2, 0.25) is 0 Å². The second-order valence-electron chi connectivity index (χ2n) is 5.26. The molecule has 2 heterocycles. The van der Waals surface area contributed by atoms with Crippen molar-refractivity contribution in [1.29, 1.82) is 0 Å². The molecule has 0 bridgehead atoms. The smallest absolute Gasteiger partial charge is 0.226 e. The molecular weight excluding hydrogens is 230 g/mol. The van der Waals surface area contributed by atoms with Crippen LogP contribution in [0.4, 0.5) is 0 Å². The number of hydrogen-bond acceptors (Lipinski definition) is 5. The highest BCUT2D eigenvalue weighted by Gasteiger charge is 2.19. The standard InChI is InChI=1S/C13H23N3O2/c1-10(4-6-14)2-3-13-15-12(16-18-13)8-11-5-7-17-9-11/h10-11H,2-9,14H2,1H3.